The minimum Gasteiger partial charge on any atom is -0.307 e. The minimum absolute atomic E-state index is 0.264. The van der Waals surface area contributed by atoms with Crippen LogP contribution in [0.5, 0.6) is 0 Å². The highest BCUT2D eigenvalue weighted by atomic mass is 15.2. The summed E-state index contributed by atoms with van der Waals surface area (Å²) in [6.45, 7) is 8.19. The fourth-order valence-corrected chi connectivity index (χ4v) is 3.61. The van der Waals surface area contributed by atoms with E-state index in [4.69, 9.17) is 0 Å². The van der Waals surface area contributed by atoms with Crippen LogP contribution in [0.3, 0.4) is 0 Å². The number of nitrogens with zero attached hydrogens (tertiary/aromatic N) is 1. The minimum atomic E-state index is 0.264. The Labute approximate surface area is 110 Å². The van der Waals surface area contributed by atoms with Crippen LogP contribution in [0.15, 0.2) is 24.3 Å². The summed E-state index contributed by atoms with van der Waals surface area (Å²) in [5.74, 6) is 0. The highest BCUT2D eigenvalue weighted by Gasteiger charge is 2.39. The van der Waals surface area contributed by atoms with E-state index in [2.05, 4.69) is 48.3 Å². The molecule has 2 heteroatoms. The highest BCUT2D eigenvalue weighted by Crippen LogP contribution is 2.37. The van der Waals surface area contributed by atoms with Gasteiger partial charge in [0.25, 0.3) is 0 Å². The lowest BCUT2D eigenvalue weighted by molar-refractivity contribution is 0.105. The van der Waals surface area contributed by atoms with Gasteiger partial charge in [0.1, 0.15) is 0 Å². The summed E-state index contributed by atoms with van der Waals surface area (Å²) in [7, 11) is 0. The van der Waals surface area contributed by atoms with Crippen molar-refractivity contribution < 1.29 is 0 Å². The molecule has 0 radical (unpaired) electrons. The van der Waals surface area contributed by atoms with Crippen LogP contribution >= 0.6 is 0 Å². The van der Waals surface area contributed by atoms with Crippen molar-refractivity contribution in [2.75, 3.05) is 19.6 Å². The first-order valence-electron chi connectivity index (χ1n) is 7.29. The molecule has 0 saturated carbocycles. The fraction of sp³-hybridized carbons (Fsp3) is 0.625. The van der Waals surface area contributed by atoms with E-state index in [1.54, 1.807) is 11.1 Å². The monoisotopic (exact) mass is 244 g/mol. The Balaban J connectivity index is 1.85. The smallest absolute Gasteiger partial charge is 0.0461 e. The van der Waals surface area contributed by atoms with Crippen molar-refractivity contribution in [2.24, 2.45) is 0 Å². The zero-order valence-corrected chi connectivity index (χ0v) is 11.6. The summed E-state index contributed by atoms with van der Waals surface area (Å²) >= 11 is 0. The van der Waals surface area contributed by atoms with Crippen molar-refractivity contribution in [1.29, 1.82) is 0 Å². The molecule has 0 unspecified atom stereocenters. The van der Waals surface area contributed by atoms with E-state index in [-0.39, 0.29) is 5.54 Å². The van der Waals surface area contributed by atoms with Crippen molar-refractivity contribution in [3.63, 3.8) is 0 Å². The maximum atomic E-state index is 3.82. The van der Waals surface area contributed by atoms with E-state index in [9.17, 15) is 0 Å². The van der Waals surface area contributed by atoms with E-state index in [1.165, 1.54) is 32.4 Å². The van der Waals surface area contributed by atoms with Gasteiger partial charge in [0.05, 0.1) is 0 Å². The summed E-state index contributed by atoms with van der Waals surface area (Å²) in [6, 6.07) is 9.71. The molecular weight excluding hydrogens is 220 g/mol. The molecule has 1 saturated heterocycles. The third-order valence-corrected chi connectivity index (χ3v) is 4.77. The first-order valence-corrected chi connectivity index (χ1v) is 7.29. The van der Waals surface area contributed by atoms with Gasteiger partial charge < -0.3 is 10.2 Å². The Bertz CT molecular complexity index is 417. The molecule has 0 bridgehead atoms. The number of likely N-dealkylation sites (tertiary alicyclic amines) is 1. The van der Waals surface area contributed by atoms with Crippen molar-refractivity contribution in [3.05, 3.63) is 35.4 Å². The molecule has 1 aromatic carbocycles. The Morgan fingerprint density at radius 2 is 1.89 bits per heavy atom. The number of piperidine rings is 1. The standard InChI is InChI=1S/C16H24N2/c1-13(2)18-11-8-16(9-12-18)15-6-4-3-5-14(15)7-10-17-16/h3-6,13,17H,7-12H2,1-2H3. The lowest BCUT2D eigenvalue weighted by Gasteiger charge is -2.47. The molecule has 1 N–H and O–H groups in total. The van der Waals surface area contributed by atoms with E-state index in [0.29, 0.717) is 6.04 Å². The second kappa shape index (κ2) is 4.67. The SMILES string of the molecule is CC(C)N1CCC2(CC1)NCCc1ccccc12. The van der Waals surface area contributed by atoms with Crippen LogP contribution in [0.25, 0.3) is 0 Å². The zero-order valence-electron chi connectivity index (χ0n) is 11.6. The Hall–Kier alpha value is -0.860. The van der Waals surface area contributed by atoms with Crippen LogP contribution in [-0.4, -0.2) is 30.6 Å². The molecule has 1 aromatic rings. The first kappa shape index (κ1) is 12.2. The highest BCUT2D eigenvalue weighted by molar-refractivity contribution is 5.36. The molecule has 0 aromatic heterocycles. The van der Waals surface area contributed by atoms with Crippen molar-refractivity contribution in [1.82, 2.24) is 10.2 Å². The van der Waals surface area contributed by atoms with Gasteiger partial charge in [-0.2, -0.15) is 0 Å². The molecule has 0 amide bonds. The molecule has 3 rings (SSSR count). The number of rotatable bonds is 1. The Kier molecular flexibility index (Phi) is 3.16. The van der Waals surface area contributed by atoms with Gasteiger partial charge in [0.15, 0.2) is 0 Å². The summed E-state index contributed by atoms with van der Waals surface area (Å²) in [5.41, 5.74) is 3.40. The predicted octanol–water partition coefficient (Wildman–Crippen LogP) is 2.53. The summed E-state index contributed by atoms with van der Waals surface area (Å²) in [6.07, 6.45) is 3.69. The van der Waals surface area contributed by atoms with Gasteiger partial charge in [0.2, 0.25) is 0 Å². The van der Waals surface area contributed by atoms with Gasteiger partial charge in [-0.25, -0.2) is 0 Å². The number of nitrogens with one attached hydrogen (secondary N) is 1. The molecule has 2 nitrogen and oxygen atoms in total. The van der Waals surface area contributed by atoms with Gasteiger partial charge in [0, 0.05) is 31.2 Å². The van der Waals surface area contributed by atoms with Crippen molar-refractivity contribution in [3.8, 4) is 0 Å². The van der Waals surface area contributed by atoms with Crippen molar-refractivity contribution in [2.45, 2.75) is 44.7 Å². The molecule has 18 heavy (non-hydrogen) atoms. The molecule has 2 heterocycles. The van der Waals surface area contributed by atoms with E-state index < -0.39 is 0 Å². The van der Waals surface area contributed by atoms with Crippen LogP contribution in [0.1, 0.15) is 37.8 Å². The lowest BCUT2D eigenvalue weighted by atomic mass is 9.75. The van der Waals surface area contributed by atoms with Gasteiger partial charge in [-0.3, -0.25) is 0 Å². The second-order valence-corrected chi connectivity index (χ2v) is 6.05. The molecule has 98 valence electrons. The maximum absolute atomic E-state index is 3.82. The number of hydrogen-bond acceptors (Lipinski definition) is 2. The van der Waals surface area contributed by atoms with Crippen LogP contribution in [-0.2, 0) is 12.0 Å². The maximum Gasteiger partial charge on any atom is 0.0461 e. The predicted molar refractivity (Wildman–Crippen MR) is 75.8 cm³/mol. The largest absolute Gasteiger partial charge is 0.307 e. The first-order chi connectivity index (χ1) is 8.71. The fourth-order valence-electron chi connectivity index (χ4n) is 3.61. The van der Waals surface area contributed by atoms with Gasteiger partial charge in [-0.1, -0.05) is 24.3 Å². The molecule has 2 aliphatic rings. The molecule has 1 fully saturated rings. The number of hydrogen-bond donors (Lipinski definition) is 1. The van der Waals surface area contributed by atoms with E-state index in [0.717, 1.165) is 6.54 Å². The van der Waals surface area contributed by atoms with Gasteiger partial charge in [-0.05, 0) is 44.2 Å². The Morgan fingerprint density at radius 3 is 2.61 bits per heavy atom. The van der Waals surface area contributed by atoms with E-state index >= 15 is 0 Å². The molecule has 2 aliphatic heterocycles. The van der Waals surface area contributed by atoms with Crippen LogP contribution < -0.4 is 5.32 Å². The van der Waals surface area contributed by atoms with Crippen LogP contribution in [0.2, 0.25) is 0 Å². The Morgan fingerprint density at radius 1 is 1.17 bits per heavy atom. The lowest BCUT2D eigenvalue weighted by Crippen LogP contribution is -2.55. The zero-order chi connectivity index (χ0) is 12.6. The van der Waals surface area contributed by atoms with Crippen LogP contribution in [0.4, 0.5) is 0 Å². The third kappa shape index (κ3) is 1.98. The normalized spacial score (nSPS) is 23.3. The van der Waals surface area contributed by atoms with E-state index in [1.807, 2.05) is 0 Å². The average Bonchev–Trinajstić information content (AvgIpc) is 2.40. The van der Waals surface area contributed by atoms with Crippen LogP contribution in [0, 0.1) is 0 Å². The molecule has 1 spiro atoms. The molecule has 0 aliphatic carbocycles. The van der Waals surface area contributed by atoms with Crippen molar-refractivity contribution >= 4 is 0 Å². The molecular formula is C16H24N2. The molecule has 0 atom stereocenters. The number of benzene rings is 1. The van der Waals surface area contributed by atoms with Gasteiger partial charge >= 0.3 is 0 Å². The topological polar surface area (TPSA) is 15.3 Å². The summed E-state index contributed by atoms with van der Waals surface area (Å²) in [5, 5.41) is 3.82. The summed E-state index contributed by atoms with van der Waals surface area (Å²) in [4.78, 5) is 2.60. The third-order valence-electron chi connectivity index (χ3n) is 4.77. The quantitative estimate of drug-likeness (QED) is 0.816. The average molecular weight is 244 g/mol. The number of fused-ring (bicyclic) bond motifs is 2. The van der Waals surface area contributed by atoms with Gasteiger partial charge in [-0.15, -0.1) is 0 Å². The summed E-state index contributed by atoms with van der Waals surface area (Å²) < 4.78 is 0. The second-order valence-electron chi connectivity index (χ2n) is 6.05.